The van der Waals surface area contributed by atoms with Crippen molar-refractivity contribution in [3.63, 3.8) is 0 Å². The van der Waals surface area contributed by atoms with Gasteiger partial charge in [0.05, 0.1) is 11.0 Å². The van der Waals surface area contributed by atoms with E-state index in [4.69, 9.17) is 5.73 Å². The SMILES string of the molecule is CC(C)NC(=O)C(C)n1c(N)nc2ccccc21. The Bertz CT molecular complexity index is 573. The first-order valence-electron chi connectivity index (χ1n) is 6.03. The molecule has 5 nitrogen and oxygen atoms in total. The van der Waals surface area contributed by atoms with Gasteiger partial charge in [-0.2, -0.15) is 0 Å². The molecule has 1 aromatic carbocycles. The zero-order valence-electron chi connectivity index (χ0n) is 10.8. The van der Waals surface area contributed by atoms with Crippen LogP contribution in [0.4, 0.5) is 5.95 Å². The van der Waals surface area contributed by atoms with E-state index in [9.17, 15) is 4.79 Å². The second-order valence-corrected chi connectivity index (χ2v) is 4.67. The average Bonchev–Trinajstić information content (AvgIpc) is 2.63. The molecule has 2 aromatic rings. The predicted octanol–water partition coefficient (Wildman–Crippen LogP) is 1.70. The number of rotatable bonds is 3. The van der Waals surface area contributed by atoms with Crippen LogP contribution in [-0.2, 0) is 4.79 Å². The minimum Gasteiger partial charge on any atom is -0.369 e. The van der Waals surface area contributed by atoms with Gasteiger partial charge >= 0.3 is 0 Å². The van der Waals surface area contributed by atoms with Crippen LogP contribution >= 0.6 is 0 Å². The molecule has 5 heteroatoms. The highest BCUT2D eigenvalue weighted by atomic mass is 16.2. The van der Waals surface area contributed by atoms with Crippen LogP contribution in [0.1, 0.15) is 26.8 Å². The highest BCUT2D eigenvalue weighted by molar-refractivity contribution is 5.85. The monoisotopic (exact) mass is 246 g/mol. The highest BCUT2D eigenvalue weighted by Gasteiger charge is 2.20. The lowest BCUT2D eigenvalue weighted by Crippen LogP contribution is -2.36. The second-order valence-electron chi connectivity index (χ2n) is 4.67. The van der Waals surface area contributed by atoms with E-state index >= 15 is 0 Å². The van der Waals surface area contributed by atoms with Gasteiger partial charge in [-0.15, -0.1) is 0 Å². The normalized spacial score (nSPS) is 12.9. The summed E-state index contributed by atoms with van der Waals surface area (Å²) in [6, 6.07) is 7.34. The number of imidazole rings is 1. The first-order chi connectivity index (χ1) is 8.50. The number of carbonyl (C=O) groups excluding carboxylic acids is 1. The number of nitrogens with one attached hydrogen (secondary N) is 1. The molecule has 0 saturated heterocycles. The molecule has 1 amide bonds. The summed E-state index contributed by atoms with van der Waals surface area (Å²) < 4.78 is 1.76. The summed E-state index contributed by atoms with van der Waals surface area (Å²) in [7, 11) is 0. The number of amides is 1. The fourth-order valence-electron chi connectivity index (χ4n) is 1.99. The van der Waals surface area contributed by atoms with Crippen molar-refractivity contribution in [1.29, 1.82) is 0 Å². The molecule has 0 aliphatic rings. The largest absolute Gasteiger partial charge is 0.369 e. The lowest BCUT2D eigenvalue weighted by molar-refractivity contribution is -0.124. The molecule has 0 saturated carbocycles. The minimum atomic E-state index is -0.375. The van der Waals surface area contributed by atoms with E-state index in [0.29, 0.717) is 5.95 Å². The Morgan fingerprint density at radius 3 is 2.67 bits per heavy atom. The van der Waals surface area contributed by atoms with Crippen molar-refractivity contribution in [3.05, 3.63) is 24.3 Å². The summed E-state index contributed by atoms with van der Waals surface area (Å²) in [5, 5.41) is 2.88. The molecule has 1 unspecified atom stereocenters. The molecular weight excluding hydrogens is 228 g/mol. The summed E-state index contributed by atoms with van der Waals surface area (Å²) in [5.41, 5.74) is 7.58. The van der Waals surface area contributed by atoms with Crippen LogP contribution in [0.15, 0.2) is 24.3 Å². The quantitative estimate of drug-likeness (QED) is 0.865. The van der Waals surface area contributed by atoms with Gasteiger partial charge in [-0.25, -0.2) is 4.98 Å². The number of para-hydroxylation sites is 2. The third-order valence-corrected chi connectivity index (χ3v) is 2.82. The second kappa shape index (κ2) is 4.68. The Balaban J connectivity index is 2.41. The Hall–Kier alpha value is -2.04. The Labute approximate surface area is 106 Å². The zero-order chi connectivity index (χ0) is 13.3. The number of nitrogens with two attached hydrogens (primary N) is 1. The van der Waals surface area contributed by atoms with Crippen LogP contribution in [0.25, 0.3) is 11.0 Å². The number of nitrogen functional groups attached to an aromatic ring is 1. The van der Waals surface area contributed by atoms with Gasteiger partial charge in [0.2, 0.25) is 11.9 Å². The fourth-order valence-corrected chi connectivity index (χ4v) is 1.99. The molecule has 0 bridgehead atoms. The van der Waals surface area contributed by atoms with Crippen LogP contribution in [0.3, 0.4) is 0 Å². The van der Waals surface area contributed by atoms with Crippen LogP contribution in [0.2, 0.25) is 0 Å². The van der Waals surface area contributed by atoms with Crippen molar-refractivity contribution in [3.8, 4) is 0 Å². The van der Waals surface area contributed by atoms with Crippen molar-refractivity contribution in [1.82, 2.24) is 14.9 Å². The van der Waals surface area contributed by atoms with Gasteiger partial charge in [0, 0.05) is 6.04 Å². The van der Waals surface area contributed by atoms with E-state index in [1.165, 1.54) is 0 Å². The lowest BCUT2D eigenvalue weighted by Gasteiger charge is -2.17. The topological polar surface area (TPSA) is 72.9 Å². The maximum absolute atomic E-state index is 12.0. The molecule has 0 fully saturated rings. The number of benzene rings is 1. The molecule has 0 spiro atoms. The number of hydrogen-bond acceptors (Lipinski definition) is 3. The average molecular weight is 246 g/mol. The van der Waals surface area contributed by atoms with E-state index in [0.717, 1.165) is 11.0 Å². The van der Waals surface area contributed by atoms with Crippen molar-refractivity contribution < 1.29 is 4.79 Å². The number of carbonyl (C=O) groups is 1. The van der Waals surface area contributed by atoms with E-state index in [1.807, 2.05) is 45.0 Å². The summed E-state index contributed by atoms with van der Waals surface area (Å²) >= 11 is 0. The smallest absolute Gasteiger partial charge is 0.243 e. The van der Waals surface area contributed by atoms with Crippen LogP contribution in [0, 0.1) is 0 Å². The molecule has 1 heterocycles. The molecule has 18 heavy (non-hydrogen) atoms. The Kier molecular flexibility index (Phi) is 3.23. The van der Waals surface area contributed by atoms with E-state index in [1.54, 1.807) is 4.57 Å². The van der Waals surface area contributed by atoms with Crippen molar-refractivity contribution in [2.24, 2.45) is 0 Å². The standard InChI is InChI=1S/C13H18N4O/c1-8(2)15-12(18)9(3)17-11-7-5-4-6-10(11)16-13(17)14/h4-9H,1-3H3,(H2,14,16)(H,15,18). The maximum atomic E-state index is 12.0. The van der Waals surface area contributed by atoms with Gasteiger partial charge in [0.1, 0.15) is 6.04 Å². The van der Waals surface area contributed by atoms with Gasteiger partial charge in [0.25, 0.3) is 0 Å². The highest BCUT2D eigenvalue weighted by Crippen LogP contribution is 2.22. The molecule has 96 valence electrons. The van der Waals surface area contributed by atoms with E-state index in [-0.39, 0.29) is 18.0 Å². The van der Waals surface area contributed by atoms with Gasteiger partial charge in [-0.05, 0) is 32.9 Å². The number of anilines is 1. The number of fused-ring (bicyclic) bond motifs is 1. The summed E-state index contributed by atoms with van der Waals surface area (Å²) in [5.74, 6) is 0.308. The number of hydrogen-bond donors (Lipinski definition) is 2. The fraction of sp³-hybridized carbons (Fsp3) is 0.385. The number of aromatic nitrogens is 2. The van der Waals surface area contributed by atoms with Crippen LogP contribution < -0.4 is 11.1 Å². The lowest BCUT2D eigenvalue weighted by atomic mass is 10.2. The van der Waals surface area contributed by atoms with Gasteiger partial charge in [-0.1, -0.05) is 12.1 Å². The van der Waals surface area contributed by atoms with Crippen LogP contribution in [0.5, 0.6) is 0 Å². The van der Waals surface area contributed by atoms with Gasteiger partial charge in [0.15, 0.2) is 0 Å². The summed E-state index contributed by atoms with van der Waals surface area (Å²) in [6.07, 6.45) is 0. The number of nitrogens with zero attached hydrogens (tertiary/aromatic N) is 2. The third kappa shape index (κ3) is 2.16. The van der Waals surface area contributed by atoms with E-state index in [2.05, 4.69) is 10.3 Å². The third-order valence-electron chi connectivity index (χ3n) is 2.82. The molecule has 0 aliphatic carbocycles. The predicted molar refractivity (Wildman–Crippen MR) is 72.1 cm³/mol. The molecule has 0 radical (unpaired) electrons. The molecule has 3 N–H and O–H groups in total. The van der Waals surface area contributed by atoms with Crippen molar-refractivity contribution in [2.75, 3.05) is 5.73 Å². The van der Waals surface area contributed by atoms with Gasteiger partial charge in [-0.3, -0.25) is 9.36 Å². The molecule has 1 atom stereocenters. The minimum absolute atomic E-state index is 0.0557. The van der Waals surface area contributed by atoms with Crippen molar-refractivity contribution >= 4 is 22.9 Å². The first kappa shape index (κ1) is 12.4. The van der Waals surface area contributed by atoms with Gasteiger partial charge < -0.3 is 11.1 Å². The van der Waals surface area contributed by atoms with Crippen molar-refractivity contribution in [2.45, 2.75) is 32.9 Å². The summed E-state index contributed by atoms with van der Waals surface area (Å²) in [4.78, 5) is 16.3. The van der Waals surface area contributed by atoms with Crippen LogP contribution in [-0.4, -0.2) is 21.5 Å². The molecule has 1 aromatic heterocycles. The Morgan fingerprint density at radius 1 is 1.33 bits per heavy atom. The zero-order valence-corrected chi connectivity index (χ0v) is 10.8. The Morgan fingerprint density at radius 2 is 2.00 bits per heavy atom. The first-order valence-corrected chi connectivity index (χ1v) is 6.03. The summed E-state index contributed by atoms with van der Waals surface area (Å²) in [6.45, 7) is 5.68. The molecular formula is C13H18N4O. The van der Waals surface area contributed by atoms with E-state index < -0.39 is 0 Å². The molecule has 0 aliphatic heterocycles. The maximum Gasteiger partial charge on any atom is 0.243 e. The molecule has 2 rings (SSSR count).